The maximum atomic E-state index is 14.9. The minimum absolute atomic E-state index is 0.0929. The second-order valence-electron chi connectivity index (χ2n) is 11.4. The summed E-state index contributed by atoms with van der Waals surface area (Å²) in [5.74, 6) is -3.55. The first-order valence-electron chi connectivity index (χ1n) is 14.7. The average molecular weight is 583 g/mol. The number of hydrogen-bond acceptors (Lipinski definition) is 5. The van der Waals surface area contributed by atoms with Gasteiger partial charge in [-0.25, -0.2) is 4.90 Å². The van der Waals surface area contributed by atoms with E-state index in [0.29, 0.717) is 11.4 Å². The largest absolute Gasteiger partial charge is 0.325 e. The van der Waals surface area contributed by atoms with Crippen LogP contribution in [0.3, 0.4) is 0 Å². The lowest BCUT2D eigenvalue weighted by atomic mass is 9.74. The Labute approximate surface area is 255 Å². The van der Waals surface area contributed by atoms with Crippen molar-refractivity contribution in [2.75, 3.05) is 11.4 Å². The third-order valence-electron chi connectivity index (χ3n) is 8.91. The fourth-order valence-corrected chi connectivity index (χ4v) is 7.13. The van der Waals surface area contributed by atoms with Gasteiger partial charge in [0.15, 0.2) is 0 Å². The van der Waals surface area contributed by atoms with Gasteiger partial charge in [-0.15, -0.1) is 0 Å². The van der Waals surface area contributed by atoms with E-state index in [9.17, 15) is 19.2 Å². The maximum Gasteiger partial charge on any atom is 0.250 e. The van der Waals surface area contributed by atoms with Crippen LogP contribution in [0.4, 0.5) is 5.69 Å². The molecule has 0 saturated carbocycles. The molecule has 4 aromatic rings. The summed E-state index contributed by atoms with van der Waals surface area (Å²) in [5, 5.41) is 0. The van der Waals surface area contributed by atoms with Gasteiger partial charge in [-0.3, -0.25) is 24.2 Å². The van der Waals surface area contributed by atoms with Gasteiger partial charge in [-0.2, -0.15) is 0 Å². The molecular weight excluding hydrogens is 552 g/mol. The van der Waals surface area contributed by atoms with Crippen LogP contribution in [-0.4, -0.2) is 56.5 Å². The highest BCUT2D eigenvalue weighted by atomic mass is 16.2. The number of hydrogen-bond donors (Lipinski definition) is 0. The third-order valence-corrected chi connectivity index (χ3v) is 8.91. The van der Waals surface area contributed by atoms with Gasteiger partial charge in [-0.1, -0.05) is 97.1 Å². The van der Waals surface area contributed by atoms with E-state index in [4.69, 9.17) is 0 Å². The van der Waals surface area contributed by atoms with Gasteiger partial charge in [-0.05, 0) is 35.4 Å². The number of anilines is 1. The second-order valence-corrected chi connectivity index (χ2v) is 11.4. The van der Waals surface area contributed by atoms with Crippen molar-refractivity contribution < 1.29 is 19.2 Å². The van der Waals surface area contributed by atoms with Gasteiger partial charge in [0.25, 0.3) is 5.91 Å². The molecule has 8 nitrogen and oxygen atoms in total. The number of aromatic nitrogens is 1. The number of imide groups is 1. The SMILES string of the molecule is O=C1C2C(C=Cc3ccccc3)N3C(=O)CN(Cc4ccccn4)C(=O)[C@@]3(Cc3ccccc3)C2C(=O)N1c1ccccc1. The Bertz CT molecular complexity index is 1750. The van der Waals surface area contributed by atoms with Gasteiger partial charge in [0.05, 0.1) is 35.8 Å². The van der Waals surface area contributed by atoms with Crippen molar-refractivity contribution in [2.45, 2.75) is 24.5 Å². The number of rotatable bonds is 7. The number of fused-ring (bicyclic) bond motifs is 3. The van der Waals surface area contributed by atoms with Crippen molar-refractivity contribution in [3.63, 3.8) is 0 Å². The van der Waals surface area contributed by atoms with Crippen molar-refractivity contribution in [3.8, 4) is 0 Å². The number of piperazine rings is 1. The molecule has 4 amide bonds. The topological polar surface area (TPSA) is 90.9 Å². The molecule has 4 atom stereocenters. The van der Waals surface area contributed by atoms with E-state index >= 15 is 0 Å². The predicted octanol–water partition coefficient (Wildman–Crippen LogP) is 4.14. The molecule has 0 aliphatic carbocycles. The number of pyridine rings is 1. The Hall–Kier alpha value is -5.37. The molecule has 0 spiro atoms. The summed E-state index contributed by atoms with van der Waals surface area (Å²) in [4.78, 5) is 66.8. The van der Waals surface area contributed by atoms with E-state index in [2.05, 4.69) is 4.98 Å². The summed E-state index contributed by atoms with van der Waals surface area (Å²) >= 11 is 0. The summed E-state index contributed by atoms with van der Waals surface area (Å²) in [7, 11) is 0. The van der Waals surface area contributed by atoms with Crippen LogP contribution in [0.2, 0.25) is 0 Å². The zero-order valence-corrected chi connectivity index (χ0v) is 23.9. The quantitative estimate of drug-likeness (QED) is 0.306. The number of carbonyl (C=O) groups is 4. The monoisotopic (exact) mass is 582 g/mol. The molecule has 3 unspecified atom stereocenters. The van der Waals surface area contributed by atoms with Crippen LogP contribution in [-0.2, 0) is 32.1 Å². The predicted molar refractivity (Wildman–Crippen MR) is 165 cm³/mol. The van der Waals surface area contributed by atoms with Gasteiger partial charge in [0.2, 0.25) is 17.7 Å². The number of benzene rings is 3. The van der Waals surface area contributed by atoms with Crippen molar-refractivity contribution >= 4 is 35.4 Å². The highest BCUT2D eigenvalue weighted by Gasteiger charge is 2.74. The van der Waals surface area contributed by atoms with Gasteiger partial charge < -0.3 is 9.80 Å². The molecule has 4 heterocycles. The molecule has 44 heavy (non-hydrogen) atoms. The molecule has 3 aliphatic rings. The Kier molecular flexibility index (Phi) is 6.89. The highest BCUT2D eigenvalue weighted by molar-refractivity contribution is 6.25. The fourth-order valence-electron chi connectivity index (χ4n) is 7.13. The highest BCUT2D eigenvalue weighted by Crippen LogP contribution is 2.53. The molecule has 3 fully saturated rings. The Morgan fingerprint density at radius 3 is 2.11 bits per heavy atom. The zero-order chi connectivity index (χ0) is 30.3. The van der Waals surface area contributed by atoms with Crippen LogP contribution < -0.4 is 4.90 Å². The van der Waals surface area contributed by atoms with Crippen LogP contribution in [0.15, 0.2) is 121 Å². The standard InChI is InChI=1S/C36H30N4O4/c41-30-24-38(23-27-16-10-11-21-37-27)35(44)36(22-26-14-6-2-7-15-26)32-31(29(40(30)36)20-19-25-12-4-1-5-13-25)33(42)39(34(32)43)28-17-8-3-9-18-28/h1-21,29,31-32H,22-24H2/t29?,31?,32?,36-/m1/s1. The van der Waals surface area contributed by atoms with E-state index in [0.717, 1.165) is 11.1 Å². The van der Waals surface area contributed by atoms with E-state index < -0.39 is 35.2 Å². The number of amides is 4. The fraction of sp³-hybridized carbons (Fsp3) is 0.194. The molecule has 3 saturated heterocycles. The lowest BCUT2D eigenvalue weighted by Gasteiger charge is -2.48. The maximum absolute atomic E-state index is 14.9. The van der Waals surface area contributed by atoms with E-state index in [-0.39, 0.29) is 31.3 Å². The first kappa shape index (κ1) is 27.5. The first-order chi connectivity index (χ1) is 21.5. The molecule has 1 aromatic heterocycles. The van der Waals surface area contributed by atoms with E-state index in [1.165, 1.54) is 9.80 Å². The summed E-state index contributed by atoms with van der Waals surface area (Å²) < 4.78 is 0. The van der Waals surface area contributed by atoms with E-state index in [1.54, 1.807) is 47.5 Å². The lowest BCUT2D eigenvalue weighted by Crippen LogP contribution is -2.70. The molecule has 0 bridgehead atoms. The molecule has 218 valence electrons. The summed E-state index contributed by atoms with van der Waals surface area (Å²) in [6, 6.07) is 32.4. The molecule has 3 aromatic carbocycles. The van der Waals surface area contributed by atoms with Crippen molar-refractivity contribution in [1.82, 2.24) is 14.8 Å². The number of nitrogens with zero attached hydrogens (tertiary/aromatic N) is 4. The summed E-state index contributed by atoms with van der Waals surface area (Å²) in [6.45, 7) is -0.0614. The third kappa shape index (κ3) is 4.41. The van der Waals surface area contributed by atoms with Crippen LogP contribution in [0.5, 0.6) is 0 Å². The average Bonchev–Trinajstić information content (AvgIpc) is 3.50. The van der Waals surface area contributed by atoms with Gasteiger partial charge >= 0.3 is 0 Å². The molecule has 0 N–H and O–H groups in total. The molecular formula is C36H30N4O4. The van der Waals surface area contributed by atoms with Crippen molar-refractivity contribution in [3.05, 3.63) is 138 Å². The lowest BCUT2D eigenvalue weighted by molar-refractivity contribution is -0.167. The molecule has 3 aliphatic heterocycles. The Balaban J connectivity index is 1.41. The van der Waals surface area contributed by atoms with Crippen LogP contribution in [0.1, 0.15) is 16.8 Å². The van der Waals surface area contributed by atoms with Crippen LogP contribution in [0.25, 0.3) is 6.08 Å². The minimum atomic E-state index is -1.61. The summed E-state index contributed by atoms with van der Waals surface area (Å²) in [5.41, 5.74) is 1.14. The van der Waals surface area contributed by atoms with Crippen molar-refractivity contribution in [2.24, 2.45) is 11.8 Å². The molecule has 8 heteroatoms. The molecule has 0 radical (unpaired) electrons. The van der Waals surface area contributed by atoms with E-state index in [1.807, 2.05) is 84.9 Å². The minimum Gasteiger partial charge on any atom is -0.325 e. The van der Waals surface area contributed by atoms with Crippen LogP contribution in [0, 0.1) is 11.8 Å². The Morgan fingerprint density at radius 1 is 0.773 bits per heavy atom. The van der Waals surface area contributed by atoms with Gasteiger partial charge in [0.1, 0.15) is 12.1 Å². The molecule has 7 rings (SSSR count). The summed E-state index contributed by atoms with van der Waals surface area (Å²) in [6.07, 6.45) is 5.42. The smallest absolute Gasteiger partial charge is 0.250 e. The number of carbonyl (C=O) groups excluding carboxylic acids is 4. The van der Waals surface area contributed by atoms with Gasteiger partial charge in [0, 0.05) is 12.6 Å². The first-order valence-corrected chi connectivity index (χ1v) is 14.7. The normalized spacial score (nSPS) is 24.7. The Morgan fingerprint density at radius 2 is 1.43 bits per heavy atom. The second kappa shape index (κ2) is 11.0. The zero-order valence-electron chi connectivity index (χ0n) is 23.9. The van der Waals surface area contributed by atoms with Crippen molar-refractivity contribution in [1.29, 1.82) is 0 Å². The number of para-hydroxylation sites is 1. The van der Waals surface area contributed by atoms with Crippen LogP contribution >= 0.6 is 0 Å².